The highest BCUT2D eigenvalue weighted by Gasteiger charge is 2.00. The number of nitrogens with two attached hydrogens (primary N) is 1. The van der Waals surface area contributed by atoms with Crippen molar-refractivity contribution in [3.63, 3.8) is 0 Å². The number of benzene rings is 1. The molecule has 0 radical (unpaired) electrons. The molecule has 17 heavy (non-hydrogen) atoms. The number of rotatable bonds is 8. The minimum atomic E-state index is 0.605. The van der Waals surface area contributed by atoms with Crippen molar-refractivity contribution in [2.75, 3.05) is 25.6 Å². The number of hydrogen-bond acceptors (Lipinski definition) is 3. The number of unbranched alkanes of at least 4 members (excludes halogenated alkanes) is 1. The van der Waals surface area contributed by atoms with Gasteiger partial charge in [0.1, 0.15) is 0 Å². The van der Waals surface area contributed by atoms with E-state index in [9.17, 15) is 0 Å². The van der Waals surface area contributed by atoms with Crippen LogP contribution in [0.25, 0.3) is 0 Å². The van der Waals surface area contributed by atoms with Crippen molar-refractivity contribution >= 4 is 5.69 Å². The predicted octanol–water partition coefficient (Wildman–Crippen LogP) is 2.91. The van der Waals surface area contributed by atoms with Gasteiger partial charge in [0.25, 0.3) is 0 Å². The van der Waals surface area contributed by atoms with E-state index in [1.54, 1.807) is 0 Å². The molecule has 1 rings (SSSR count). The van der Waals surface area contributed by atoms with Gasteiger partial charge in [-0.1, -0.05) is 25.5 Å². The number of nitrogen functional groups attached to an aromatic ring is 1. The van der Waals surface area contributed by atoms with Crippen molar-refractivity contribution in [1.82, 2.24) is 0 Å². The van der Waals surface area contributed by atoms with E-state index in [1.165, 1.54) is 6.42 Å². The van der Waals surface area contributed by atoms with E-state index in [-0.39, 0.29) is 0 Å². The van der Waals surface area contributed by atoms with Gasteiger partial charge in [0.05, 0.1) is 19.8 Å². The summed E-state index contributed by atoms with van der Waals surface area (Å²) in [5.41, 5.74) is 8.91. The molecule has 0 aliphatic heterocycles. The third-order valence-corrected chi connectivity index (χ3v) is 2.76. The molecular formula is C14H23NO2. The lowest BCUT2D eigenvalue weighted by atomic mass is 10.1. The fourth-order valence-corrected chi connectivity index (χ4v) is 1.51. The lowest BCUT2D eigenvalue weighted by Gasteiger charge is -2.09. The van der Waals surface area contributed by atoms with Gasteiger partial charge in [-0.3, -0.25) is 0 Å². The van der Waals surface area contributed by atoms with Crippen LogP contribution in [0.2, 0.25) is 0 Å². The van der Waals surface area contributed by atoms with Gasteiger partial charge in [-0.15, -0.1) is 0 Å². The SMILES string of the molecule is CCCCOCCOCc1cccc(N)c1C. The minimum Gasteiger partial charge on any atom is -0.399 e. The Morgan fingerprint density at radius 1 is 1.12 bits per heavy atom. The zero-order valence-corrected chi connectivity index (χ0v) is 10.9. The van der Waals surface area contributed by atoms with Crippen LogP contribution in [0.15, 0.2) is 18.2 Å². The third-order valence-electron chi connectivity index (χ3n) is 2.76. The van der Waals surface area contributed by atoms with Gasteiger partial charge < -0.3 is 15.2 Å². The predicted molar refractivity (Wildman–Crippen MR) is 71.0 cm³/mol. The summed E-state index contributed by atoms with van der Waals surface area (Å²) in [7, 11) is 0. The van der Waals surface area contributed by atoms with E-state index in [1.807, 2.05) is 25.1 Å². The molecule has 0 bridgehead atoms. The van der Waals surface area contributed by atoms with Crippen LogP contribution in [-0.4, -0.2) is 19.8 Å². The summed E-state index contributed by atoms with van der Waals surface area (Å²) in [6.07, 6.45) is 2.29. The molecule has 0 atom stereocenters. The largest absolute Gasteiger partial charge is 0.399 e. The van der Waals surface area contributed by atoms with Crippen LogP contribution < -0.4 is 5.73 Å². The maximum Gasteiger partial charge on any atom is 0.0721 e. The Morgan fingerprint density at radius 2 is 1.88 bits per heavy atom. The molecule has 0 heterocycles. The smallest absolute Gasteiger partial charge is 0.0721 e. The first kappa shape index (κ1) is 14.0. The van der Waals surface area contributed by atoms with Gasteiger partial charge >= 0.3 is 0 Å². The highest BCUT2D eigenvalue weighted by molar-refractivity contribution is 5.49. The lowest BCUT2D eigenvalue weighted by molar-refractivity contribution is 0.0395. The second-order valence-electron chi connectivity index (χ2n) is 4.15. The quantitative estimate of drug-likeness (QED) is 0.558. The number of ether oxygens (including phenoxy) is 2. The summed E-state index contributed by atoms with van der Waals surface area (Å²) in [5.74, 6) is 0. The standard InChI is InChI=1S/C14H23NO2/c1-3-4-8-16-9-10-17-11-13-6-5-7-14(15)12(13)2/h5-7H,3-4,8-11,15H2,1-2H3. The molecule has 3 heteroatoms. The summed E-state index contributed by atoms with van der Waals surface area (Å²) in [6, 6.07) is 5.91. The Kier molecular flexibility index (Phi) is 6.67. The summed E-state index contributed by atoms with van der Waals surface area (Å²) in [5, 5.41) is 0. The minimum absolute atomic E-state index is 0.605. The summed E-state index contributed by atoms with van der Waals surface area (Å²) in [4.78, 5) is 0. The molecule has 2 N–H and O–H groups in total. The van der Waals surface area contributed by atoms with E-state index in [0.29, 0.717) is 19.8 Å². The molecule has 96 valence electrons. The lowest BCUT2D eigenvalue weighted by Crippen LogP contribution is -2.06. The van der Waals surface area contributed by atoms with Crippen LogP contribution in [0.1, 0.15) is 30.9 Å². The second kappa shape index (κ2) is 8.09. The highest BCUT2D eigenvalue weighted by atomic mass is 16.5. The van der Waals surface area contributed by atoms with Crippen molar-refractivity contribution in [3.05, 3.63) is 29.3 Å². The molecule has 0 amide bonds. The maximum absolute atomic E-state index is 5.83. The maximum atomic E-state index is 5.83. The zero-order valence-electron chi connectivity index (χ0n) is 10.9. The average molecular weight is 237 g/mol. The fraction of sp³-hybridized carbons (Fsp3) is 0.571. The Bertz CT molecular complexity index is 326. The molecule has 0 aromatic heterocycles. The first-order valence-electron chi connectivity index (χ1n) is 6.25. The fourth-order valence-electron chi connectivity index (χ4n) is 1.51. The van der Waals surface area contributed by atoms with Gasteiger partial charge in [0.2, 0.25) is 0 Å². The molecule has 0 fully saturated rings. The van der Waals surface area contributed by atoms with Gasteiger partial charge in [-0.05, 0) is 30.5 Å². The van der Waals surface area contributed by atoms with Crippen LogP contribution in [0.5, 0.6) is 0 Å². The van der Waals surface area contributed by atoms with Crippen LogP contribution in [0.3, 0.4) is 0 Å². The molecular weight excluding hydrogens is 214 g/mol. The van der Waals surface area contributed by atoms with Crippen LogP contribution in [0, 0.1) is 6.92 Å². The summed E-state index contributed by atoms with van der Waals surface area (Å²) < 4.78 is 11.0. The van der Waals surface area contributed by atoms with Crippen LogP contribution in [-0.2, 0) is 16.1 Å². The van der Waals surface area contributed by atoms with E-state index < -0.39 is 0 Å². The molecule has 0 saturated heterocycles. The molecule has 0 saturated carbocycles. The topological polar surface area (TPSA) is 44.5 Å². The normalized spacial score (nSPS) is 10.7. The van der Waals surface area contributed by atoms with E-state index in [2.05, 4.69) is 6.92 Å². The van der Waals surface area contributed by atoms with Crippen molar-refractivity contribution < 1.29 is 9.47 Å². The first-order chi connectivity index (χ1) is 8.25. The highest BCUT2D eigenvalue weighted by Crippen LogP contribution is 2.16. The van der Waals surface area contributed by atoms with Gasteiger partial charge in [0, 0.05) is 12.3 Å². The van der Waals surface area contributed by atoms with Crippen molar-refractivity contribution in [2.45, 2.75) is 33.3 Å². The number of hydrogen-bond donors (Lipinski definition) is 1. The Balaban J connectivity index is 2.16. The van der Waals surface area contributed by atoms with Gasteiger partial charge in [0.15, 0.2) is 0 Å². The van der Waals surface area contributed by atoms with Crippen molar-refractivity contribution in [1.29, 1.82) is 0 Å². The molecule has 1 aromatic carbocycles. The molecule has 3 nitrogen and oxygen atoms in total. The molecule has 0 aliphatic rings. The Labute approximate surface area is 104 Å². The van der Waals surface area contributed by atoms with Crippen LogP contribution >= 0.6 is 0 Å². The second-order valence-corrected chi connectivity index (χ2v) is 4.15. The number of anilines is 1. The Morgan fingerprint density at radius 3 is 2.65 bits per heavy atom. The third kappa shape index (κ3) is 5.20. The van der Waals surface area contributed by atoms with E-state index in [4.69, 9.17) is 15.2 Å². The molecule has 0 spiro atoms. The van der Waals surface area contributed by atoms with E-state index >= 15 is 0 Å². The molecule has 0 aliphatic carbocycles. The Hall–Kier alpha value is -1.06. The van der Waals surface area contributed by atoms with Crippen molar-refractivity contribution in [3.8, 4) is 0 Å². The molecule has 0 unspecified atom stereocenters. The zero-order chi connectivity index (χ0) is 12.5. The van der Waals surface area contributed by atoms with Gasteiger partial charge in [-0.25, -0.2) is 0 Å². The van der Waals surface area contributed by atoms with Crippen LogP contribution in [0.4, 0.5) is 5.69 Å². The van der Waals surface area contributed by atoms with Crippen molar-refractivity contribution in [2.24, 2.45) is 0 Å². The molecule has 1 aromatic rings. The average Bonchev–Trinajstić information content (AvgIpc) is 2.33. The monoisotopic (exact) mass is 237 g/mol. The van der Waals surface area contributed by atoms with E-state index in [0.717, 1.165) is 29.8 Å². The first-order valence-corrected chi connectivity index (χ1v) is 6.25. The summed E-state index contributed by atoms with van der Waals surface area (Å²) >= 11 is 0. The van der Waals surface area contributed by atoms with Gasteiger partial charge in [-0.2, -0.15) is 0 Å². The summed E-state index contributed by atoms with van der Waals surface area (Å²) in [6.45, 7) is 6.92.